The summed E-state index contributed by atoms with van der Waals surface area (Å²) in [4.78, 5) is 0. The molecule has 0 atom stereocenters. The highest BCUT2D eigenvalue weighted by atomic mass is 19.1. The van der Waals surface area contributed by atoms with Crippen LogP contribution in [0, 0.1) is 34.9 Å². The molecule has 2 heteroatoms. The number of hydrogen-bond acceptors (Lipinski definition) is 1. The standard InChI is InChI=1S/C23H28FN/c24-23-15-13-22(14-16-23)21-11-9-20(10-12-21)19-7-5-18(6-8-19)4-2-1-3-17-25/h1-4,13-16,18-21H,5-12H2/t18-,19-,20-,21-. The molecule has 0 bridgehead atoms. The summed E-state index contributed by atoms with van der Waals surface area (Å²) >= 11 is 0. The normalized spacial score (nSPS) is 30.6. The van der Waals surface area contributed by atoms with Crippen molar-refractivity contribution in [3.05, 3.63) is 60.0 Å². The lowest BCUT2D eigenvalue weighted by Gasteiger charge is -2.37. The lowest BCUT2D eigenvalue weighted by molar-refractivity contribution is 0.171. The van der Waals surface area contributed by atoms with Crippen LogP contribution in [0.3, 0.4) is 0 Å². The van der Waals surface area contributed by atoms with Gasteiger partial charge in [0.05, 0.1) is 6.07 Å². The van der Waals surface area contributed by atoms with E-state index < -0.39 is 0 Å². The van der Waals surface area contributed by atoms with Gasteiger partial charge in [0.1, 0.15) is 5.82 Å². The van der Waals surface area contributed by atoms with E-state index in [2.05, 4.69) is 6.08 Å². The van der Waals surface area contributed by atoms with Gasteiger partial charge in [-0.1, -0.05) is 30.4 Å². The molecule has 0 aromatic heterocycles. The highest BCUT2D eigenvalue weighted by Gasteiger charge is 2.30. The van der Waals surface area contributed by atoms with Crippen LogP contribution in [0.5, 0.6) is 0 Å². The van der Waals surface area contributed by atoms with Crippen molar-refractivity contribution in [2.75, 3.05) is 0 Å². The molecule has 0 amide bonds. The average molecular weight is 337 g/mol. The summed E-state index contributed by atoms with van der Waals surface area (Å²) < 4.78 is 13.1. The first kappa shape index (κ1) is 17.9. The van der Waals surface area contributed by atoms with E-state index in [1.807, 2.05) is 30.4 Å². The van der Waals surface area contributed by atoms with Crippen LogP contribution in [0.25, 0.3) is 0 Å². The van der Waals surface area contributed by atoms with E-state index in [-0.39, 0.29) is 5.82 Å². The second kappa shape index (κ2) is 8.99. The number of benzene rings is 1. The maximum atomic E-state index is 13.1. The van der Waals surface area contributed by atoms with E-state index in [9.17, 15) is 4.39 Å². The molecule has 0 heterocycles. The highest BCUT2D eigenvalue weighted by Crippen LogP contribution is 2.44. The lowest BCUT2D eigenvalue weighted by atomic mass is 9.68. The Kier molecular flexibility index (Phi) is 6.45. The largest absolute Gasteiger partial charge is 0.207 e. The maximum absolute atomic E-state index is 13.1. The molecular weight excluding hydrogens is 309 g/mol. The van der Waals surface area contributed by atoms with E-state index >= 15 is 0 Å². The van der Waals surface area contributed by atoms with Gasteiger partial charge in [-0.25, -0.2) is 4.39 Å². The molecule has 132 valence electrons. The number of nitriles is 1. The lowest BCUT2D eigenvalue weighted by Crippen LogP contribution is -2.25. The van der Waals surface area contributed by atoms with Crippen LogP contribution in [0.4, 0.5) is 4.39 Å². The van der Waals surface area contributed by atoms with Crippen LogP contribution in [-0.4, -0.2) is 0 Å². The minimum absolute atomic E-state index is 0.133. The Morgan fingerprint density at radius 1 is 0.840 bits per heavy atom. The monoisotopic (exact) mass is 337 g/mol. The minimum Gasteiger partial charge on any atom is -0.207 e. The van der Waals surface area contributed by atoms with Crippen LogP contribution in [0.1, 0.15) is 62.8 Å². The zero-order valence-corrected chi connectivity index (χ0v) is 14.9. The Morgan fingerprint density at radius 3 is 2.04 bits per heavy atom. The summed E-state index contributed by atoms with van der Waals surface area (Å²) in [5.74, 6) is 2.97. The fourth-order valence-electron chi connectivity index (χ4n) is 4.79. The van der Waals surface area contributed by atoms with Gasteiger partial charge >= 0.3 is 0 Å². The molecule has 3 rings (SSSR count). The van der Waals surface area contributed by atoms with Crippen molar-refractivity contribution in [2.45, 2.75) is 57.3 Å². The number of hydrogen-bond donors (Lipinski definition) is 0. The van der Waals surface area contributed by atoms with Crippen LogP contribution < -0.4 is 0 Å². The van der Waals surface area contributed by atoms with Crippen molar-refractivity contribution in [2.24, 2.45) is 17.8 Å². The molecule has 1 aromatic rings. The number of allylic oxidation sites excluding steroid dienone is 4. The molecule has 25 heavy (non-hydrogen) atoms. The van der Waals surface area contributed by atoms with Gasteiger partial charge in [0, 0.05) is 6.08 Å². The third-order valence-corrected chi connectivity index (χ3v) is 6.26. The topological polar surface area (TPSA) is 23.8 Å². The summed E-state index contributed by atoms with van der Waals surface area (Å²) in [6.07, 6.45) is 18.1. The number of nitrogens with zero attached hydrogens (tertiary/aromatic N) is 1. The Balaban J connectivity index is 1.43. The average Bonchev–Trinajstić information content (AvgIpc) is 2.67. The second-order valence-corrected chi connectivity index (χ2v) is 7.71. The minimum atomic E-state index is -0.133. The first-order valence-corrected chi connectivity index (χ1v) is 9.74. The Hall–Kier alpha value is -1.88. The maximum Gasteiger partial charge on any atom is 0.123 e. The summed E-state index contributed by atoms with van der Waals surface area (Å²) in [5, 5.41) is 8.50. The van der Waals surface area contributed by atoms with Crippen LogP contribution in [0.15, 0.2) is 48.6 Å². The van der Waals surface area contributed by atoms with Gasteiger partial charge in [0.2, 0.25) is 0 Å². The first-order valence-electron chi connectivity index (χ1n) is 9.74. The van der Waals surface area contributed by atoms with Gasteiger partial charge in [0.25, 0.3) is 0 Å². The van der Waals surface area contributed by atoms with E-state index in [0.717, 1.165) is 11.8 Å². The van der Waals surface area contributed by atoms with Gasteiger partial charge in [-0.05, 0) is 92.7 Å². The summed E-state index contributed by atoms with van der Waals surface area (Å²) in [5.41, 5.74) is 1.32. The fourth-order valence-corrected chi connectivity index (χ4v) is 4.79. The molecule has 0 saturated heterocycles. The van der Waals surface area contributed by atoms with Crippen LogP contribution >= 0.6 is 0 Å². The molecule has 0 unspecified atom stereocenters. The first-order chi connectivity index (χ1) is 12.3. The van der Waals surface area contributed by atoms with Crippen molar-refractivity contribution in [3.8, 4) is 6.07 Å². The Bertz CT molecular complexity index is 621. The van der Waals surface area contributed by atoms with Gasteiger partial charge in [-0.15, -0.1) is 0 Å². The fraction of sp³-hybridized carbons (Fsp3) is 0.522. The van der Waals surface area contributed by atoms with Crippen molar-refractivity contribution >= 4 is 0 Å². The third-order valence-electron chi connectivity index (χ3n) is 6.26. The molecule has 0 radical (unpaired) electrons. The molecule has 2 aliphatic carbocycles. The zero-order chi connectivity index (χ0) is 17.5. The zero-order valence-electron chi connectivity index (χ0n) is 14.9. The van der Waals surface area contributed by atoms with Gasteiger partial charge in [-0.3, -0.25) is 0 Å². The number of rotatable bonds is 4. The van der Waals surface area contributed by atoms with Gasteiger partial charge in [0.15, 0.2) is 0 Å². The van der Waals surface area contributed by atoms with E-state index in [4.69, 9.17) is 5.26 Å². The molecule has 2 fully saturated rings. The van der Waals surface area contributed by atoms with Crippen molar-refractivity contribution < 1.29 is 4.39 Å². The molecule has 0 aliphatic heterocycles. The Labute approximate surface area is 151 Å². The summed E-state index contributed by atoms with van der Waals surface area (Å²) in [7, 11) is 0. The molecule has 1 nitrogen and oxygen atoms in total. The predicted octanol–water partition coefficient (Wildman–Crippen LogP) is 6.54. The summed E-state index contributed by atoms with van der Waals surface area (Å²) in [6, 6.07) is 9.16. The molecule has 0 N–H and O–H groups in total. The van der Waals surface area contributed by atoms with Crippen LogP contribution in [0.2, 0.25) is 0 Å². The molecule has 0 spiro atoms. The van der Waals surface area contributed by atoms with Crippen molar-refractivity contribution in [1.82, 2.24) is 0 Å². The molecule has 2 saturated carbocycles. The molecule has 2 aliphatic rings. The third kappa shape index (κ3) is 5.05. The second-order valence-electron chi connectivity index (χ2n) is 7.71. The van der Waals surface area contributed by atoms with E-state index in [1.54, 1.807) is 12.1 Å². The van der Waals surface area contributed by atoms with Gasteiger partial charge < -0.3 is 0 Å². The Morgan fingerprint density at radius 2 is 1.44 bits per heavy atom. The van der Waals surface area contributed by atoms with E-state index in [1.165, 1.54) is 63.0 Å². The highest BCUT2D eigenvalue weighted by molar-refractivity contribution is 5.21. The smallest absolute Gasteiger partial charge is 0.123 e. The number of halogens is 1. The summed E-state index contributed by atoms with van der Waals surface area (Å²) in [6.45, 7) is 0. The SMILES string of the molecule is N#CC=CC=C[C@H]1CC[C@H]([C@H]2CC[C@H](c3ccc(F)cc3)CC2)CC1. The molecule has 1 aromatic carbocycles. The van der Waals surface area contributed by atoms with E-state index in [0.29, 0.717) is 11.8 Å². The van der Waals surface area contributed by atoms with Crippen molar-refractivity contribution in [3.63, 3.8) is 0 Å². The quantitative estimate of drug-likeness (QED) is 0.452. The van der Waals surface area contributed by atoms with Gasteiger partial charge in [-0.2, -0.15) is 5.26 Å². The molecular formula is C23H28FN. The van der Waals surface area contributed by atoms with Crippen LogP contribution in [-0.2, 0) is 0 Å². The van der Waals surface area contributed by atoms with Crippen molar-refractivity contribution in [1.29, 1.82) is 5.26 Å². The predicted molar refractivity (Wildman–Crippen MR) is 100 cm³/mol.